The summed E-state index contributed by atoms with van der Waals surface area (Å²) < 4.78 is 66.8. The molecule has 0 bridgehead atoms. The quantitative estimate of drug-likeness (QED) is 0.897. The van der Waals surface area contributed by atoms with Gasteiger partial charge in [0, 0.05) is 24.9 Å². The number of aromatic nitrogens is 2. The van der Waals surface area contributed by atoms with Crippen molar-refractivity contribution >= 4 is 21.5 Å². The minimum atomic E-state index is -4.35. The highest BCUT2D eigenvalue weighted by Gasteiger charge is 2.24. The Hall–Kier alpha value is -2.23. The molecule has 10 heteroatoms. The minimum absolute atomic E-state index is 0.313. The fraction of sp³-hybridized carbons (Fsp3) is 0.182. The Bertz CT molecular complexity index is 766. The van der Waals surface area contributed by atoms with E-state index in [9.17, 15) is 21.6 Å². The molecular formula is C11H11F3N4O2S. The van der Waals surface area contributed by atoms with E-state index in [2.05, 4.69) is 5.10 Å². The monoisotopic (exact) mass is 320 g/mol. The number of benzene rings is 1. The van der Waals surface area contributed by atoms with E-state index < -0.39 is 38.1 Å². The summed E-state index contributed by atoms with van der Waals surface area (Å²) in [5.41, 5.74) is 4.47. The topological polar surface area (TPSA) is 90.0 Å². The van der Waals surface area contributed by atoms with E-state index >= 15 is 0 Å². The Morgan fingerprint density at radius 2 is 1.86 bits per heavy atom. The molecule has 0 aliphatic rings. The molecule has 1 aromatic carbocycles. The van der Waals surface area contributed by atoms with E-state index in [1.54, 1.807) is 11.6 Å². The third-order valence-corrected chi connectivity index (χ3v) is 3.98. The smallest absolute Gasteiger partial charge is 0.267 e. The first-order valence-electron chi connectivity index (χ1n) is 5.75. The number of nitrogens with two attached hydrogens (primary N) is 1. The summed E-state index contributed by atoms with van der Waals surface area (Å²) in [5.74, 6) is -4.23. The largest absolute Gasteiger partial charge is 0.381 e. The average Bonchev–Trinajstić information content (AvgIpc) is 2.76. The zero-order valence-electron chi connectivity index (χ0n) is 10.8. The van der Waals surface area contributed by atoms with Crippen LogP contribution in [0.15, 0.2) is 23.2 Å². The highest BCUT2D eigenvalue weighted by Crippen LogP contribution is 2.25. The van der Waals surface area contributed by atoms with Crippen molar-refractivity contribution in [3.63, 3.8) is 0 Å². The van der Waals surface area contributed by atoms with Crippen LogP contribution in [-0.4, -0.2) is 18.2 Å². The molecule has 21 heavy (non-hydrogen) atoms. The number of aryl methyl sites for hydroxylation is 1. The lowest BCUT2D eigenvalue weighted by molar-refractivity contribution is 0.547. The predicted octanol–water partition coefficient (Wildman–Crippen LogP) is 1.70. The SMILES string of the molecule is CCn1cc(S(=O)(=O)Nc2c(F)cc(F)cc2F)c(N)n1. The van der Waals surface area contributed by atoms with E-state index in [4.69, 9.17) is 5.73 Å². The fourth-order valence-electron chi connectivity index (χ4n) is 1.62. The van der Waals surface area contributed by atoms with Gasteiger partial charge in [0.1, 0.15) is 16.4 Å². The molecule has 0 saturated heterocycles. The molecule has 114 valence electrons. The van der Waals surface area contributed by atoms with Crippen molar-refractivity contribution in [3.8, 4) is 0 Å². The first kappa shape index (κ1) is 15.2. The third-order valence-electron chi connectivity index (χ3n) is 2.61. The van der Waals surface area contributed by atoms with Gasteiger partial charge < -0.3 is 5.73 Å². The number of anilines is 2. The van der Waals surface area contributed by atoms with Gasteiger partial charge in [-0.2, -0.15) is 5.10 Å². The van der Waals surface area contributed by atoms with Gasteiger partial charge in [-0.3, -0.25) is 9.40 Å². The maximum absolute atomic E-state index is 13.5. The fourth-order valence-corrected chi connectivity index (χ4v) is 2.77. The van der Waals surface area contributed by atoms with E-state index in [1.165, 1.54) is 4.68 Å². The van der Waals surface area contributed by atoms with Crippen molar-refractivity contribution in [3.05, 3.63) is 35.8 Å². The van der Waals surface area contributed by atoms with Crippen LogP contribution in [0.2, 0.25) is 0 Å². The maximum Gasteiger partial charge on any atom is 0.267 e. The molecule has 0 unspecified atom stereocenters. The van der Waals surface area contributed by atoms with Gasteiger partial charge in [0.25, 0.3) is 10.0 Å². The van der Waals surface area contributed by atoms with Gasteiger partial charge >= 0.3 is 0 Å². The van der Waals surface area contributed by atoms with Gasteiger partial charge in [-0.15, -0.1) is 0 Å². The van der Waals surface area contributed by atoms with Crippen LogP contribution in [0.5, 0.6) is 0 Å². The van der Waals surface area contributed by atoms with Crippen LogP contribution in [0, 0.1) is 17.5 Å². The van der Waals surface area contributed by atoms with E-state index in [0.717, 1.165) is 6.20 Å². The zero-order valence-corrected chi connectivity index (χ0v) is 11.6. The summed E-state index contributed by atoms with van der Waals surface area (Å²) in [6, 6.07) is 0.722. The summed E-state index contributed by atoms with van der Waals surface area (Å²) >= 11 is 0. The molecule has 0 fully saturated rings. The number of nitrogens with zero attached hydrogens (tertiary/aromatic N) is 2. The molecule has 3 N–H and O–H groups in total. The molecule has 0 radical (unpaired) electrons. The summed E-state index contributed by atoms with van der Waals surface area (Å²) in [7, 11) is -4.35. The van der Waals surface area contributed by atoms with Crippen molar-refractivity contribution in [2.45, 2.75) is 18.4 Å². The maximum atomic E-state index is 13.5. The van der Waals surface area contributed by atoms with Crippen molar-refractivity contribution in [1.29, 1.82) is 0 Å². The highest BCUT2D eigenvalue weighted by atomic mass is 32.2. The van der Waals surface area contributed by atoms with Gasteiger partial charge in [0.05, 0.1) is 0 Å². The van der Waals surface area contributed by atoms with Crippen LogP contribution in [0.4, 0.5) is 24.7 Å². The van der Waals surface area contributed by atoms with Crippen molar-refractivity contribution < 1.29 is 21.6 Å². The van der Waals surface area contributed by atoms with Gasteiger partial charge in [-0.05, 0) is 6.92 Å². The van der Waals surface area contributed by atoms with Gasteiger partial charge in [-0.25, -0.2) is 21.6 Å². The normalized spacial score (nSPS) is 11.6. The molecule has 2 rings (SSSR count). The molecule has 0 amide bonds. The van der Waals surface area contributed by atoms with Crippen molar-refractivity contribution in [2.75, 3.05) is 10.5 Å². The lowest BCUT2D eigenvalue weighted by atomic mass is 10.3. The summed E-state index contributed by atoms with van der Waals surface area (Å²) in [4.78, 5) is -0.424. The van der Waals surface area contributed by atoms with Crippen molar-refractivity contribution in [1.82, 2.24) is 9.78 Å². The van der Waals surface area contributed by atoms with Crippen LogP contribution in [-0.2, 0) is 16.6 Å². The number of hydrogen-bond acceptors (Lipinski definition) is 4. The van der Waals surface area contributed by atoms with Gasteiger partial charge in [0.15, 0.2) is 17.5 Å². The van der Waals surface area contributed by atoms with Crippen LogP contribution < -0.4 is 10.5 Å². The van der Waals surface area contributed by atoms with E-state index in [-0.39, 0.29) is 5.82 Å². The second-order valence-electron chi connectivity index (χ2n) is 4.08. The molecule has 0 aliphatic carbocycles. The van der Waals surface area contributed by atoms with Crippen molar-refractivity contribution in [2.24, 2.45) is 0 Å². The lowest BCUT2D eigenvalue weighted by Gasteiger charge is -2.09. The molecule has 0 atom stereocenters. The predicted molar refractivity (Wildman–Crippen MR) is 69.4 cm³/mol. The number of hydrogen-bond donors (Lipinski definition) is 2. The van der Waals surface area contributed by atoms with Crippen LogP contribution in [0.1, 0.15) is 6.92 Å². The molecule has 0 saturated carbocycles. The van der Waals surface area contributed by atoms with E-state index in [0.29, 0.717) is 18.7 Å². The number of nitrogens with one attached hydrogen (secondary N) is 1. The summed E-state index contributed by atoms with van der Waals surface area (Å²) in [6.45, 7) is 2.06. The Morgan fingerprint density at radius 1 is 1.29 bits per heavy atom. The molecule has 0 spiro atoms. The second-order valence-corrected chi connectivity index (χ2v) is 5.74. The first-order chi connectivity index (χ1) is 9.74. The number of sulfonamides is 1. The Kier molecular flexibility index (Phi) is 3.81. The van der Waals surface area contributed by atoms with Gasteiger partial charge in [0.2, 0.25) is 0 Å². The number of halogens is 3. The summed E-state index contributed by atoms with van der Waals surface area (Å²) in [6.07, 6.45) is 1.12. The summed E-state index contributed by atoms with van der Waals surface area (Å²) in [5, 5.41) is 3.72. The number of nitrogen functional groups attached to an aromatic ring is 1. The van der Waals surface area contributed by atoms with Crippen LogP contribution in [0.25, 0.3) is 0 Å². The standard InChI is InChI=1S/C11H11F3N4O2S/c1-2-18-5-9(11(15)16-18)21(19,20)17-10-7(13)3-6(12)4-8(10)14/h3-5,17H,2H2,1H3,(H2,15,16). The van der Waals surface area contributed by atoms with Crippen LogP contribution >= 0.6 is 0 Å². The number of rotatable bonds is 4. The Labute approximate surface area is 118 Å². The zero-order chi connectivity index (χ0) is 15.8. The Morgan fingerprint density at radius 3 is 2.33 bits per heavy atom. The molecule has 1 aromatic heterocycles. The third kappa shape index (κ3) is 2.94. The van der Waals surface area contributed by atoms with E-state index in [1.807, 2.05) is 0 Å². The van der Waals surface area contributed by atoms with Crippen LogP contribution in [0.3, 0.4) is 0 Å². The highest BCUT2D eigenvalue weighted by molar-refractivity contribution is 7.92. The Balaban J connectivity index is 2.44. The molecule has 2 aromatic rings. The second kappa shape index (κ2) is 5.28. The average molecular weight is 320 g/mol. The minimum Gasteiger partial charge on any atom is -0.381 e. The molecular weight excluding hydrogens is 309 g/mol. The molecule has 6 nitrogen and oxygen atoms in total. The lowest BCUT2D eigenvalue weighted by Crippen LogP contribution is -2.16. The molecule has 1 heterocycles. The van der Waals surface area contributed by atoms with Gasteiger partial charge in [-0.1, -0.05) is 0 Å². The first-order valence-corrected chi connectivity index (χ1v) is 7.23. The molecule has 0 aliphatic heterocycles.